The van der Waals surface area contributed by atoms with Crippen molar-refractivity contribution in [3.8, 4) is 0 Å². The van der Waals surface area contributed by atoms with Gasteiger partial charge in [-0.15, -0.1) is 0 Å². The van der Waals surface area contributed by atoms with Crippen molar-refractivity contribution in [2.75, 3.05) is 13.6 Å². The van der Waals surface area contributed by atoms with E-state index in [-0.39, 0.29) is 0 Å². The summed E-state index contributed by atoms with van der Waals surface area (Å²) in [6.07, 6.45) is 11.2. The fourth-order valence-corrected chi connectivity index (χ4v) is 2.19. The van der Waals surface area contributed by atoms with Crippen LogP contribution in [0, 0.1) is 0 Å². The van der Waals surface area contributed by atoms with Crippen LogP contribution < -0.4 is 5.32 Å². The first-order chi connectivity index (χ1) is 7.35. The molecule has 0 amide bonds. The number of rotatable bonds is 1. The van der Waals surface area contributed by atoms with Crippen molar-refractivity contribution in [2.24, 2.45) is 4.99 Å². The van der Waals surface area contributed by atoms with E-state index in [0.29, 0.717) is 6.04 Å². The average molecular weight is 202 g/mol. The second-order valence-electron chi connectivity index (χ2n) is 3.98. The quantitative estimate of drug-likeness (QED) is 0.693. The fraction of sp³-hybridized carbons (Fsp3) is 0.462. The van der Waals surface area contributed by atoms with Crippen LogP contribution in [0.15, 0.2) is 40.4 Å². The molecule has 2 nitrogen and oxygen atoms in total. The summed E-state index contributed by atoms with van der Waals surface area (Å²) >= 11 is 0. The summed E-state index contributed by atoms with van der Waals surface area (Å²) in [6.45, 7) is 3.21. The molecule has 1 aliphatic carbocycles. The Morgan fingerprint density at radius 3 is 2.93 bits per heavy atom. The van der Waals surface area contributed by atoms with Crippen LogP contribution in [-0.2, 0) is 0 Å². The van der Waals surface area contributed by atoms with E-state index >= 15 is 0 Å². The van der Waals surface area contributed by atoms with Crippen molar-refractivity contribution in [1.29, 1.82) is 0 Å². The molecule has 2 aliphatic rings. The van der Waals surface area contributed by atoms with E-state index in [2.05, 4.69) is 41.5 Å². The molecule has 1 N–H and O–H groups in total. The standard InChI is InChI=1S/C13H18N2/c1-3-10-9-11(6-7-12(10)14-2)13-5-4-8-15-13/h3,6-7,9,13,15H,4-5,8H2,1-2H3/b10-3-,14-12?. The van der Waals surface area contributed by atoms with Gasteiger partial charge in [0, 0.05) is 13.1 Å². The van der Waals surface area contributed by atoms with Crippen LogP contribution >= 0.6 is 0 Å². The summed E-state index contributed by atoms with van der Waals surface area (Å²) < 4.78 is 0. The van der Waals surface area contributed by atoms with Crippen LogP contribution in [0.1, 0.15) is 19.8 Å². The maximum atomic E-state index is 4.26. The molecule has 1 atom stereocenters. The Bertz CT molecular complexity index is 353. The maximum Gasteiger partial charge on any atom is 0.0640 e. The van der Waals surface area contributed by atoms with Crippen molar-refractivity contribution in [3.63, 3.8) is 0 Å². The van der Waals surface area contributed by atoms with Gasteiger partial charge in [0.25, 0.3) is 0 Å². The summed E-state index contributed by atoms with van der Waals surface area (Å²) in [5, 5.41) is 3.52. The molecule has 0 saturated carbocycles. The van der Waals surface area contributed by atoms with Crippen molar-refractivity contribution < 1.29 is 0 Å². The molecule has 0 bridgehead atoms. The Morgan fingerprint density at radius 2 is 2.33 bits per heavy atom. The zero-order valence-electron chi connectivity index (χ0n) is 9.46. The molecule has 1 aliphatic heterocycles. The van der Waals surface area contributed by atoms with Gasteiger partial charge >= 0.3 is 0 Å². The van der Waals surface area contributed by atoms with Crippen LogP contribution in [0.3, 0.4) is 0 Å². The van der Waals surface area contributed by atoms with Gasteiger partial charge in [0.05, 0.1) is 5.71 Å². The Hall–Kier alpha value is -1.15. The molecule has 1 unspecified atom stereocenters. The molecule has 0 aromatic carbocycles. The number of hydrogen-bond donors (Lipinski definition) is 1. The van der Waals surface area contributed by atoms with Crippen molar-refractivity contribution in [1.82, 2.24) is 5.32 Å². The van der Waals surface area contributed by atoms with Gasteiger partial charge in [-0.3, -0.25) is 4.99 Å². The number of allylic oxidation sites excluding steroid dienone is 4. The van der Waals surface area contributed by atoms with Crippen molar-refractivity contribution >= 4 is 5.71 Å². The van der Waals surface area contributed by atoms with Gasteiger partial charge in [-0.25, -0.2) is 0 Å². The first-order valence-corrected chi connectivity index (χ1v) is 5.61. The van der Waals surface area contributed by atoms with Gasteiger partial charge in [0.1, 0.15) is 0 Å². The molecular weight excluding hydrogens is 184 g/mol. The summed E-state index contributed by atoms with van der Waals surface area (Å²) in [7, 11) is 1.84. The highest BCUT2D eigenvalue weighted by Crippen LogP contribution is 2.21. The average Bonchev–Trinajstić information content (AvgIpc) is 2.81. The zero-order chi connectivity index (χ0) is 10.7. The third kappa shape index (κ3) is 2.10. The molecular formula is C13H18N2. The van der Waals surface area contributed by atoms with E-state index in [9.17, 15) is 0 Å². The first-order valence-electron chi connectivity index (χ1n) is 5.61. The van der Waals surface area contributed by atoms with E-state index in [1.54, 1.807) is 0 Å². The van der Waals surface area contributed by atoms with E-state index in [1.165, 1.54) is 24.0 Å². The fourth-order valence-electron chi connectivity index (χ4n) is 2.19. The number of nitrogens with one attached hydrogen (secondary N) is 1. The molecule has 2 heteroatoms. The first kappa shape index (κ1) is 10.4. The van der Waals surface area contributed by atoms with E-state index in [4.69, 9.17) is 0 Å². The van der Waals surface area contributed by atoms with Crippen LogP contribution in [-0.4, -0.2) is 25.3 Å². The Balaban J connectivity index is 2.22. The molecule has 1 saturated heterocycles. The lowest BCUT2D eigenvalue weighted by atomic mass is 9.94. The highest BCUT2D eigenvalue weighted by atomic mass is 14.9. The normalized spacial score (nSPS) is 31.3. The van der Waals surface area contributed by atoms with E-state index in [1.807, 2.05) is 7.05 Å². The molecule has 0 aromatic rings. The molecule has 15 heavy (non-hydrogen) atoms. The lowest BCUT2D eigenvalue weighted by Crippen LogP contribution is -2.24. The van der Waals surface area contributed by atoms with E-state index < -0.39 is 0 Å². The monoisotopic (exact) mass is 202 g/mol. The van der Waals surface area contributed by atoms with Crippen LogP contribution in [0.4, 0.5) is 0 Å². The van der Waals surface area contributed by atoms with Gasteiger partial charge in [0.15, 0.2) is 0 Å². The zero-order valence-corrected chi connectivity index (χ0v) is 9.46. The summed E-state index contributed by atoms with van der Waals surface area (Å²) in [4.78, 5) is 4.26. The molecule has 0 spiro atoms. The predicted molar refractivity (Wildman–Crippen MR) is 65.4 cm³/mol. The topological polar surface area (TPSA) is 24.4 Å². The van der Waals surface area contributed by atoms with Crippen LogP contribution in [0.5, 0.6) is 0 Å². The maximum absolute atomic E-state index is 4.26. The lowest BCUT2D eigenvalue weighted by molar-refractivity contribution is 0.702. The third-order valence-corrected chi connectivity index (χ3v) is 3.07. The summed E-state index contributed by atoms with van der Waals surface area (Å²) in [5.41, 5.74) is 3.72. The van der Waals surface area contributed by atoms with E-state index in [0.717, 1.165) is 12.3 Å². The van der Waals surface area contributed by atoms with Crippen LogP contribution in [0.2, 0.25) is 0 Å². The van der Waals surface area contributed by atoms with Gasteiger partial charge in [-0.2, -0.15) is 0 Å². The van der Waals surface area contributed by atoms with Crippen LogP contribution in [0.25, 0.3) is 0 Å². The minimum Gasteiger partial charge on any atom is -0.310 e. The number of aliphatic imine (C=N–C) groups is 1. The minimum atomic E-state index is 0.551. The SMILES string of the molecule is C/C=C1/C=C(C2CCCN2)C=CC1=NC. The largest absolute Gasteiger partial charge is 0.310 e. The van der Waals surface area contributed by atoms with Gasteiger partial charge in [-0.05, 0) is 49.6 Å². The molecule has 0 aromatic heterocycles. The van der Waals surface area contributed by atoms with Gasteiger partial charge in [-0.1, -0.05) is 12.2 Å². The molecule has 2 rings (SSSR count). The second kappa shape index (κ2) is 4.58. The predicted octanol–water partition coefficient (Wildman–Crippen LogP) is 2.25. The minimum absolute atomic E-state index is 0.551. The Labute approximate surface area is 91.5 Å². The van der Waals surface area contributed by atoms with Gasteiger partial charge < -0.3 is 5.32 Å². The Morgan fingerprint density at radius 1 is 1.47 bits per heavy atom. The lowest BCUT2D eigenvalue weighted by Gasteiger charge is -2.16. The van der Waals surface area contributed by atoms with Crippen molar-refractivity contribution in [3.05, 3.63) is 35.5 Å². The smallest absolute Gasteiger partial charge is 0.0640 e. The Kier molecular flexibility index (Phi) is 3.17. The highest BCUT2D eigenvalue weighted by Gasteiger charge is 2.19. The number of hydrogen-bond acceptors (Lipinski definition) is 2. The molecule has 0 radical (unpaired) electrons. The molecule has 80 valence electrons. The molecule has 1 heterocycles. The summed E-state index contributed by atoms with van der Waals surface area (Å²) in [5.74, 6) is 0. The second-order valence-corrected chi connectivity index (χ2v) is 3.98. The van der Waals surface area contributed by atoms with Crippen molar-refractivity contribution in [2.45, 2.75) is 25.8 Å². The highest BCUT2D eigenvalue weighted by molar-refractivity contribution is 6.11. The van der Waals surface area contributed by atoms with Gasteiger partial charge in [0.2, 0.25) is 0 Å². The molecule has 1 fully saturated rings. The summed E-state index contributed by atoms with van der Waals surface area (Å²) in [6, 6.07) is 0.551. The number of nitrogens with zero attached hydrogens (tertiary/aromatic N) is 1. The third-order valence-electron chi connectivity index (χ3n) is 3.07.